The number of carbonyl (C=O) groups is 1. The Hall–Kier alpha value is -2.82. The van der Waals surface area contributed by atoms with E-state index in [1.807, 2.05) is 30.3 Å². The van der Waals surface area contributed by atoms with E-state index in [0.29, 0.717) is 19.1 Å². The molecule has 5 heteroatoms. The van der Waals surface area contributed by atoms with Crippen LogP contribution in [-0.4, -0.2) is 28.6 Å². The molecule has 3 aromatic rings. The Balaban J connectivity index is 1.45. The maximum Gasteiger partial charge on any atom is 0.223 e. The van der Waals surface area contributed by atoms with Crippen LogP contribution in [0.15, 0.2) is 48.5 Å². The molecule has 2 aromatic carbocycles. The van der Waals surface area contributed by atoms with Gasteiger partial charge in [0.25, 0.3) is 0 Å². The van der Waals surface area contributed by atoms with Crippen LogP contribution in [0.1, 0.15) is 44.0 Å². The number of para-hydroxylation sites is 3. The third-order valence-corrected chi connectivity index (χ3v) is 5.44. The Morgan fingerprint density at radius 1 is 1.17 bits per heavy atom. The molecule has 0 bridgehead atoms. The molecule has 1 aliphatic carbocycles. The molecule has 0 radical (unpaired) electrons. The third-order valence-electron chi connectivity index (χ3n) is 5.44. The van der Waals surface area contributed by atoms with E-state index in [-0.39, 0.29) is 11.8 Å². The van der Waals surface area contributed by atoms with Crippen molar-refractivity contribution in [1.29, 1.82) is 0 Å². The molecule has 1 fully saturated rings. The van der Waals surface area contributed by atoms with E-state index in [1.54, 1.807) is 0 Å². The lowest BCUT2D eigenvalue weighted by molar-refractivity contribution is -0.122. The molecule has 152 valence electrons. The van der Waals surface area contributed by atoms with Gasteiger partial charge in [0.2, 0.25) is 5.91 Å². The number of nitrogens with zero attached hydrogens (tertiary/aromatic N) is 2. The van der Waals surface area contributed by atoms with Gasteiger partial charge in [-0.25, -0.2) is 4.98 Å². The lowest BCUT2D eigenvalue weighted by Gasteiger charge is -2.15. The van der Waals surface area contributed by atoms with Gasteiger partial charge < -0.3 is 14.6 Å². The van der Waals surface area contributed by atoms with Crippen molar-refractivity contribution >= 4 is 16.9 Å². The molecule has 1 saturated carbocycles. The summed E-state index contributed by atoms with van der Waals surface area (Å²) in [6, 6.07) is 16.4. The lowest BCUT2D eigenvalue weighted by Crippen LogP contribution is -2.27. The molecule has 0 spiro atoms. The third kappa shape index (κ3) is 4.61. The first kappa shape index (κ1) is 19.5. The van der Waals surface area contributed by atoms with Crippen molar-refractivity contribution < 1.29 is 9.53 Å². The van der Waals surface area contributed by atoms with Crippen molar-refractivity contribution in [3.63, 3.8) is 0 Å². The lowest BCUT2D eigenvalue weighted by atomic mass is 10.0. The van der Waals surface area contributed by atoms with Crippen molar-refractivity contribution in [2.75, 3.05) is 13.2 Å². The summed E-state index contributed by atoms with van der Waals surface area (Å²) >= 11 is 0. The van der Waals surface area contributed by atoms with E-state index in [9.17, 15) is 4.79 Å². The van der Waals surface area contributed by atoms with E-state index in [1.165, 1.54) is 5.56 Å². The van der Waals surface area contributed by atoms with Gasteiger partial charge in [0.1, 0.15) is 18.2 Å². The largest absolute Gasteiger partial charge is 0.491 e. The monoisotopic (exact) mass is 391 g/mol. The molecular weight excluding hydrogens is 362 g/mol. The molecule has 29 heavy (non-hydrogen) atoms. The van der Waals surface area contributed by atoms with Gasteiger partial charge in [0, 0.05) is 18.9 Å². The van der Waals surface area contributed by atoms with Crippen LogP contribution in [0.4, 0.5) is 0 Å². The summed E-state index contributed by atoms with van der Waals surface area (Å²) in [6.07, 6.45) is 2.77. The second kappa shape index (κ2) is 8.68. The summed E-state index contributed by atoms with van der Waals surface area (Å²) in [6.45, 7) is 6.28. The number of benzene rings is 2. The van der Waals surface area contributed by atoms with Gasteiger partial charge >= 0.3 is 0 Å². The van der Waals surface area contributed by atoms with Crippen LogP contribution in [0.5, 0.6) is 5.75 Å². The van der Waals surface area contributed by atoms with Crippen LogP contribution in [0.25, 0.3) is 11.0 Å². The number of ether oxygens (including phenoxy) is 1. The maximum atomic E-state index is 11.9. The summed E-state index contributed by atoms with van der Waals surface area (Å²) in [7, 11) is 0. The van der Waals surface area contributed by atoms with E-state index >= 15 is 0 Å². The zero-order valence-electron chi connectivity index (χ0n) is 17.2. The fourth-order valence-electron chi connectivity index (χ4n) is 3.69. The SMILES string of the molecule is CC(C)c1ccccc1OCCn1c(CCNC(=O)C2CC2)nc2ccccc21. The standard InChI is InChI=1S/C24H29N3O2/c1-17(2)19-7-3-6-10-22(19)29-16-15-27-21-9-5-4-8-20(21)26-23(27)13-14-25-24(28)18-11-12-18/h3-10,17-18H,11-16H2,1-2H3,(H,25,28). The zero-order chi connectivity index (χ0) is 20.2. The summed E-state index contributed by atoms with van der Waals surface area (Å²) in [4.78, 5) is 16.7. The Morgan fingerprint density at radius 2 is 1.93 bits per heavy atom. The highest BCUT2D eigenvalue weighted by Crippen LogP contribution is 2.28. The molecular formula is C24H29N3O2. The molecule has 0 aliphatic heterocycles. The second-order valence-electron chi connectivity index (χ2n) is 8.02. The zero-order valence-corrected chi connectivity index (χ0v) is 17.2. The number of rotatable bonds is 9. The summed E-state index contributed by atoms with van der Waals surface area (Å²) < 4.78 is 8.36. The smallest absolute Gasteiger partial charge is 0.223 e. The normalized spacial score (nSPS) is 13.8. The first-order valence-electron chi connectivity index (χ1n) is 10.6. The van der Waals surface area contributed by atoms with E-state index < -0.39 is 0 Å². The Morgan fingerprint density at radius 3 is 2.72 bits per heavy atom. The number of amides is 1. The average Bonchev–Trinajstić information content (AvgIpc) is 3.52. The quantitative estimate of drug-likeness (QED) is 0.591. The number of aromatic nitrogens is 2. The van der Waals surface area contributed by atoms with Crippen LogP contribution in [-0.2, 0) is 17.8 Å². The fourth-order valence-corrected chi connectivity index (χ4v) is 3.69. The van der Waals surface area contributed by atoms with Crippen molar-refractivity contribution in [2.45, 2.75) is 45.6 Å². The van der Waals surface area contributed by atoms with Gasteiger partial charge in [0.15, 0.2) is 0 Å². The van der Waals surface area contributed by atoms with Crippen molar-refractivity contribution in [1.82, 2.24) is 14.9 Å². The van der Waals surface area contributed by atoms with E-state index in [2.05, 4.69) is 41.9 Å². The molecule has 1 amide bonds. The first-order chi connectivity index (χ1) is 14.1. The van der Waals surface area contributed by atoms with Crippen molar-refractivity contribution in [2.24, 2.45) is 5.92 Å². The molecule has 0 saturated heterocycles. The van der Waals surface area contributed by atoms with Gasteiger partial charge in [0.05, 0.1) is 17.6 Å². The molecule has 4 rings (SSSR count). The van der Waals surface area contributed by atoms with Crippen LogP contribution in [0, 0.1) is 5.92 Å². The van der Waals surface area contributed by atoms with Crippen molar-refractivity contribution in [3.8, 4) is 5.75 Å². The number of fused-ring (bicyclic) bond motifs is 1. The molecule has 1 aliphatic rings. The second-order valence-corrected chi connectivity index (χ2v) is 8.02. The number of carbonyl (C=O) groups excluding carboxylic acids is 1. The van der Waals surface area contributed by atoms with Gasteiger partial charge in [-0.3, -0.25) is 4.79 Å². The molecule has 1 aromatic heterocycles. The molecule has 0 unspecified atom stereocenters. The summed E-state index contributed by atoms with van der Waals surface area (Å²) in [5, 5.41) is 3.04. The van der Waals surface area contributed by atoms with Crippen LogP contribution < -0.4 is 10.1 Å². The Labute approximate surface area is 172 Å². The number of nitrogens with one attached hydrogen (secondary N) is 1. The number of hydrogen-bond acceptors (Lipinski definition) is 3. The van der Waals surface area contributed by atoms with E-state index in [4.69, 9.17) is 9.72 Å². The maximum absolute atomic E-state index is 11.9. The minimum absolute atomic E-state index is 0.182. The van der Waals surface area contributed by atoms with Gasteiger partial charge in [-0.1, -0.05) is 44.2 Å². The minimum atomic E-state index is 0.182. The summed E-state index contributed by atoms with van der Waals surface area (Å²) in [5.41, 5.74) is 3.32. The topological polar surface area (TPSA) is 56.1 Å². The fraction of sp³-hybridized carbons (Fsp3) is 0.417. The Bertz CT molecular complexity index is 989. The van der Waals surface area contributed by atoms with Crippen molar-refractivity contribution in [3.05, 3.63) is 59.9 Å². The predicted molar refractivity (Wildman–Crippen MR) is 115 cm³/mol. The highest BCUT2D eigenvalue weighted by atomic mass is 16.5. The molecule has 5 nitrogen and oxygen atoms in total. The molecule has 1 N–H and O–H groups in total. The predicted octanol–water partition coefficient (Wildman–Crippen LogP) is 4.31. The molecule has 1 heterocycles. The van der Waals surface area contributed by atoms with Gasteiger partial charge in [-0.15, -0.1) is 0 Å². The first-order valence-corrected chi connectivity index (χ1v) is 10.6. The number of hydrogen-bond donors (Lipinski definition) is 1. The highest BCUT2D eigenvalue weighted by molar-refractivity contribution is 5.80. The van der Waals surface area contributed by atoms with Gasteiger partial charge in [-0.2, -0.15) is 0 Å². The summed E-state index contributed by atoms with van der Waals surface area (Å²) in [5.74, 6) is 2.78. The van der Waals surface area contributed by atoms with Crippen LogP contribution in [0.2, 0.25) is 0 Å². The highest BCUT2D eigenvalue weighted by Gasteiger charge is 2.29. The number of imidazole rings is 1. The van der Waals surface area contributed by atoms with E-state index in [0.717, 1.165) is 48.4 Å². The minimum Gasteiger partial charge on any atom is -0.491 e. The van der Waals surface area contributed by atoms with Gasteiger partial charge in [-0.05, 0) is 42.5 Å². The van der Waals surface area contributed by atoms with Crippen LogP contribution >= 0.6 is 0 Å². The van der Waals surface area contributed by atoms with Crippen LogP contribution in [0.3, 0.4) is 0 Å². The molecule has 0 atom stereocenters. The average molecular weight is 392 g/mol. The Kier molecular flexibility index (Phi) is 5.84.